The van der Waals surface area contributed by atoms with Gasteiger partial charge in [0.1, 0.15) is 6.23 Å². The van der Waals surface area contributed by atoms with E-state index in [1.807, 2.05) is 19.2 Å². The number of aliphatic hydroxyl groups excluding tert-OH is 1. The molecule has 70 valence electrons. The first-order chi connectivity index (χ1) is 6.29. The molecule has 3 N–H and O–H groups in total. The summed E-state index contributed by atoms with van der Waals surface area (Å²) in [5.41, 5.74) is 3.45. The van der Waals surface area contributed by atoms with Gasteiger partial charge in [-0.2, -0.15) is 0 Å². The Bertz CT molecular complexity index is 312. The van der Waals surface area contributed by atoms with Crippen molar-refractivity contribution in [2.75, 3.05) is 17.7 Å². The van der Waals surface area contributed by atoms with E-state index >= 15 is 0 Å². The Labute approximate surface area is 77.8 Å². The van der Waals surface area contributed by atoms with Crippen molar-refractivity contribution < 1.29 is 5.11 Å². The Morgan fingerprint density at radius 3 is 3.15 bits per heavy atom. The molecule has 0 spiro atoms. The minimum Gasteiger partial charge on any atom is -0.388 e. The van der Waals surface area contributed by atoms with Crippen molar-refractivity contribution in [3.8, 4) is 0 Å². The lowest BCUT2D eigenvalue weighted by atomic mass is 10.0. The highest BCUT2D eigenvalue weighted by Gasteiger charge is 2.14. The lowest BCUT2D eigenvalue weighted by Gasteiger charge is -2.23. The third-order valence-electron chi connectivity index (χ3n) is 2.40. The van der Waals surface area contributed by atoms with Crippen LogP contribution in [0.25, 0.3) is 0 Å². The summed E-state index contributed by atoms with van der Waals surface area (Å²) in [6.07, 6.45) is 1.35. The maximum Gasteiger partial charge on any atom is 0.124 e. The third kappa shape index (κ3) is 1.60. The SMILES string of the molecule is CNc1ccc2c(c1)CCC(O)N2. The summed E-state index contributed by atoms with van der Waals surface area (Å²) in [5.74, 6) is 0. The van der Waals surface area contributed by atoms with Crippen molar-refractivity contribution in [1.82, 2.24) is 0 Å². The minimum absolute atomic E-state index is 0.382. The molecular weight excluding hydrogens is 164 g/mol. The molecule has 1 heterocycles. The second-order valence-electron chi connectivity index (χ2n) is 3.32. The third-order valence-corrected chi connectivity index (χ3v) is 2.40. The number of aliphatic hydroxyl groups is 1. The fourth-order valence-electron chi connectivity index (χ4n) is 1.64. The van der Waals surface area contributed by atoms with E-state index in [4.69, 9.17) is 0 Å². The first-order valence-corrected chi connectivity index (χ1v) is 4.55. The predicted octanol–water partition coefficient (Wildman–Crippen LogP) is 1.40. The van der Waals surface area contributed by atoms with Gasteiger partial charge in [-0.3, -0.25) is 0 Å². The smallest absolute Gasteiger partial charge is 0.124 e. The van der Waals surface area contributed by atoms with Gasteiger partial charge in [0, 0.05) is 18.4 Å². The second-order valence-corrected chi connectivity index (χ2v) is 3.32. The van der Waals surface area contributed by atoms with Gasteiger partial charge in [0.2, 0.25) is 0 Å². The molecule has 0 saturated carbocycles. The molecule has 0 radical (unpaired) electrons. The summed E-state index contributed by atoms with van der Waals surface area (Å²) in [4.78, 5) is 0. The first-order valence-electron chi connectivity index (χ1n) is 4.55. The molecule has 1 aromatic rings. The molecule has 3 heteroatoms. The number of hydrogen-bond acceptors (Lipinski definition) is 3. The molecule has 0 aromatic heterocycles. The molecule has 2 rings (SSSR count). The Morgan fingerprint density at radius 1 is 1.54 bits per heavy atom. The fraction of sp³-hybridized carbons (Fsp3) is 0.400. The predicted molar refractivity (Wildman–Crippen MR) is 53.9 cm³/mol. The number of rotatable bonds is 1. The standard InChI is InChI=1S/C10H14N2O/c1-11-8-3-4-9-7(6-8)2-5-10(13)12-9/h3-4,6,10-13H,2,5H2,1H3. The van der Waals surface area contributed by atoms with E-state index in [2.05, 4.69) is 16.7 Å². The normalized spacial score (nSPS) is 20.3. The molecule has 1 aliphatic rings. The highest BCUT2D eigenvalue weighted by atomic mass is 16.3. The van der Waals surface area contributed by atoms with Gasteiger partial charge in [-0.25, -0.2) is 0 Å². The fourth-order valence-corrected chi connectivity index (χ4v) is 1.64. The maximum atomic E-state index is 9.36. The van der Waals surface area contributed by atoms with Crippen LogP contribution in [-0.4, -0.2) is 18.4 Å². The van der Waals surface area contributed by atoms with Crippen LogP contribution in [0.15, 0.2) is 18.2 Å². The summed E-state index contributed by atoms with van der Waals surface area (Å²) >= 11 is 0. The van der Waals surface area contributed by atoms with E-state index in [1.165, 1.54) is 5.56 Å². The van der Waals surface area contributed by atoms with Gasteiger partial charge in [-0.1, -0.05) is 0 Å². The summed E-state index contributed by atoms with van der Waals surface area (Å²) in [7, 11) is 1.91. The van der Waals surface area contributed by atoms with Crippen LogP contribution in [0.2, 0.25) is 0 Å². The molecule has 1 aliphatic heterocycles. The summed E-state index contributed by atoms with van der Waals surface area (Å²) < 4.78 is 0. The van der Waals surface area contributed by atoms with Gasteiger partial charge in [-0.05, 0) is 36.6 Å². The van der Waals surface area contributed by atoms with Gasteiger partial charge >= 0.3 is 0 Å². The molecule has 3 nitrogen and oxygen atoms in total. The van der Waals surface area contributed by atoms with Gasteiger partial charge in [0.25, 0.3) is 0 Å². The van der Waals surface area contributed by atoms with Crippen LogP contribution >= 0.6 is 0 Å². The molecular formula is C10H14N2O. The topological polar surface area (TPSA) is 44.3 Å². The summed E-state index contributed by atoms with van der Waals surface area (Å²) in [6, 6.07) is 6.13. The first kappa shape index (κ1) is 8.38. The van der Waals surface area contributed by atoms with Crippen LogP contribution in [0.3, 0.4) is 0 Å². The van der Waals surface area contributed by atoms with Gasteiger partial charge in [0.05, 0.1) is 0 Å². The number of fused-ring (bicyclic) bond motifs is 1. The van der Waals surface area contributed by atoms with Crippen molar-refractivity contribution >= 4 is 11.4 Å². The quantitative estimate of drug-likeness (QED) is 0.609. The van der Waals surface area contributed by atoms with Crippen LogP contribution in [0.1, 0.15) is 12.0 Å². The number of anilines is 2. The zero-order chi connectivity index (χ0) is 9.26. The minimum atomic E-state index is -0.382. The summed E-state index contributed by atoms with van der Waals surface area (Å²) in [6.45, 7) is 0. The van der Waals surface area contributed by atoms with Crippen LogP contribution in [0.4, 0.5) is 11.4 Å². The molecule has 0 bridgehead atoms. The van der Waals surface area contributed by atoms with Gasteiger partial charge in [-0.15, -0.1) is 0 Å². The van der Waals surface area contributed by atoms with Crippen LogP contribution in [0.5, 0.6) is 0 Å². The Hall–Kier alpha value is -1.22. The molecule has 1 atom stereocenters. The van der Waals surface area contributed by atoms with E-state index in [9.17, 15) is 5.11 Å². The Kier molecular flexibility index (Phi) is 2.10. The van der Waals surface area contributed by atoms with Gasteiger partial charge < -0.3 is 15.7 Å². The van der Waals surface area contributed by atoms with Crippen molar-refractivity contribution in [2.45, 2.75) is 19.1 Å². The molecule has 0 aliphatic carbocycles. The Balaban J connectivity index is 2.31. The van der Waals surface area contributed by atoms with Crippen LogP contribution < -0.4 is 10.6 Å². The van der Waals surface area contributed by atoms with Crippen molar-refractivity contribution in [3.63, 3.8) is 0 Å². The molecule has 1 aromatic carbocycles. The van der Waals surface area contributed by atoms with Crippen molar-refractivity contribution in [3.05, 3.63) is 23.8 Å². The number of benzene rings is 1. The van der Waals surface area contributed by atoms with E-state index in [0.29, 0.717) is 0 Å². The van der Waals surface area contributed by atoms with Crippen LogP contribution in [-0.2, 0) is 6.42 Å². The largest absolute Gasteiger partial charge is 0.388 e. The van der Waals surface area contributed by atoms with Gasteiger partial charge in [0.15, 0.2) is 0 Å². The van der Waals surface area contributed by atoms with E-state index < -0.39 is 0 Å². The van der Waals surface area contributed by atoms with E-state index in [0.717, 1.165) is 24.2 Å². The zero-order valence-electron chi connectivity index (χ0n) is 7.67. The molecule has 1 unspecified atom stereocenters. The zero-order valence-corrected chi connectivity index (χ0v) is 7.67. The highest BCUT2D eigenvalue weighted by molar-refractivity contribution is 5.60. The second kappa shape index (κ2) is 3.26. The average Bonchev–Trinajstić information content (AvgIpc) is 2.17. The monoisotopic (exact) mass is 178 g/mol. The lowest BCUT2D eigenvalue weighted by molar-refractivity contribution is 0.189. The lowest BCUT2D eigenvalue weighted by Crippen LogP contribution is -2.24. The van der Waals surface area contributed by atoms with Crippen molar-refractivity contribution in [1.29, 1.82) is 0 Å². The molecule has 0 saturated heterocycles. The van der Waals surface area contributed by atoms with Crippen molar-refractivity contribution in [2.24, 2.45) is 0 Å². The number of aryl methyl sites for hydroxylation is 1. The number of nitrogens with one attached hydrogen (secondary N) is 2. The number of hydrogen-bond donors (Lipinski definition) is 3. The molecule has 13 heavy (non-hydrogen) atoms. The molecule has 0 amide bonds. The Morgan fingerprint density at radius 2 is 2.38 bits per heavy atom. The maximum absolute atomic E-state index is 9.36. The highest BCUT2D eigenvalue weighted by Crippen LogP contribution is 2.26. The average molecular weight is 178 g/mol. The van der Waals surface area contributed by atoms with Crippen LogP contribution in [0, 0.1) is 0 Å². The summed E-state index contributed by atoms with van der Waals surface area (Å²) in [5, 5.41) is 15.5. The molecule has 0 fully saturated rings. The van der Waals surface area contributed by atoms with E-state index in [-0.39, 0.29) is 6.23 Å². The van der Waals surface area contributed by atoms with E-state index in [1.54, 1.807) is 0 Å².